The molecule has 0 atom stereocenters. The lowest BCUT2D eigenvalue weighted by atomic mass is 10.0. The van der Waals surface area contributed by atoms with Gasteiger partial charge in [0, 0.05) is 37.2 Å². The highest BCUT2D eigenvalue weighted by atomic mass is 19.1. The van der Waals surface area contributed by atoms with Crippen molar-refractivity contribution in [3.8, 4) is 22.4 Å². The lowest BCUT2D eigenvalue weighted by molar-refractivity contribution is 0.628. The van der Waals surface area contributed by atoms with E-state index in [1.807, 2.05) is 24.3 Å². The molecule has 0 aliphatic carbocycles. The van der Waals surface area contributed by atoms with Crippen LogP contribution in [0, 0.1) is 5.82 Å². The summed E-state index contributed by atoms with van der Waals surface area (Å²) in [7, 11) is 1.68. The van der Waals surface area contributed by atoms with Crippen LogP contribution in [0.15, 0.2) is 77.9 Å². The number of benzene rings is 2. The summed E-state index contributed by atoms with van der Waals surface area (Å²) in [6.45, 7) is 0.625. The number of nitrogens with two attached hydrogens (primary N) is 1. The molecule has 0 spiro atoms. The van der Waals surface area contributed by atoms with Crippen LogP contribution in [0.5, 0.6) is 0 Å². The Kier molecular flexibility index (Phi) is 6.26. The number of halogens is 1. The number of rotatable bonds is 7. The van der Waals surface area contributed by atoms with Crippen LogP contribution in [0.4, 0.5) is 16.0 Å². The molecule has 6 nitrogen and oxygen atoms in total. The first-order valence-corrected chi connectivity index (χ1v) is 10.4. The van der Waals surface area contributed by atoms with Gasteiger partial charge >= 0.3 is 0 Å². The first-order chi connectivity index (χ1) is 15.5. The summed E-state index contributed by atoms with van der Waals surface area (Å²) in [5.41, 5.74) is 9.99. The monoisotopic (exact) mass is 429 g/mol. The van der Waals surface area contributed by atoms with Crippen molar-refractivity contribution < 1.29 is 4.39 Å². The smallest absolute Gasteiger partial charge is 0.263 e. The maximum atomic E-state index is 13.5. The third-order valence-corrected chi connectivity index (χ3v) is 5.34. The number of aromatic nitrogens is 3. The fraction of sp³-hybridized carbons (Fsp3) is 0.160. The average molecular weight is 429 g/mol. The Morgan fingerprint density at radius 1 is 1.00 bits per heavy atom. The molecule has 0 fully saturated rings. The van der Waals surface area contributed by atoms with Gasteiger partial charge in [-0.1, -0.05) is 30.3 Å². The van der Waals surface area contributed by atoms with Gasteiger partial charge in [-0.3, -0.25) is 14.3 Å². The van der Waals surface area contributed by atoms with Crippen molar-refractivity contribution >= 4 is 11.6 Å². The maximum Gasteiger partial charge on any atom is 0.263 e. The van der Waals surface area contributed by atoms with Crippen molar-refractivity contribution in [2.45, 2.75) is 12.8 Å². The lowest BCUT2D eigenvalue weighted by Gasteiger charge is -2.16. The number of para-hydroxylation sites is 1. The molecule has 0 unspecified atom stereocenters. The second-order valence-corrected chi connectivity index (χ2v) is 7.50. The van der Waals surface area contributed by atoms with Crippen molar-refractivity contribution in [1.82, 2.24) is 14.5 Å². The topological polar surface area (TPSA) is 85.8 Å². The molecule has 2 aromatic carbocycles. The molecule has 0 saturated heterocycles. The number of anilines is 2. The zero-order chi connectivity index (χ0) is 22.5. The SMILES string of the molecule is Cn1c(NCCCc2ccccc2N)nc(-c2ccncc2)c(-c2ccc(F)cc2)c1=O. The highest BCUT2D eigenvalue weighted by molar-refractivity contribution is 5.80. The van der Waals surface area contributed by atoms with E-state index in [4.69, 9.17) is 10.7 Å². The Morgan fingerprint density at radius 3 is 2.44 bits per heavy atom. The molecule has 0 saturated carbocycles. The van der Waals surface area contributed by atoms with Crippen LogP contribution in [0.25, 0.3) is 22.4 Å². The maximum absolute atomic E-state index is 13.5. The van der Waals surface area contributed by atoms with E-state index in [9.17, 15) is 9.18 Å². The van der Waals surface area contributed by atoms with Gasteiger partial charge in [-0.05, 0) is 54.3 Å². The largest absolute Gasteiger partial charge is 0.399 e. The normalized spacial score (nSPS) is 10.8. The molecule has 2 aromatic heterocycles. The van der Waals surface area contributed by atoms with Crippen molar-refractivity contribution in [3.05, 3.63) is 94.8 Å². The number of nitrogen functional groups attached to an aromatic ring is 1. The third-order valence-electron chi connectivity index (χ3n) is 5.34. The van der Waals surface area contributed by atoms with Crippen LogP contribution >= 0.6 is 0 Å². The summed E-state index contributed by atoms with van der Waals surface area (Å²) in [5, 5.41) is 3.28. The van der Waals surface area contributed by atoms with Gasteiger partial charge in [-0.25, -0.2) is 9.37 Å². The van der Waals surface area contributed by atoms with Gasteiger partial charge in [0.25, 0.3) is 5.56 Å². The van der Waals surface area contributed by atoms with Gasteiger partial charge < -0.3 is 11.1 Å². The summed E-state index contributed by atoms with van der Waals surface area (Å²) in [4.78, 5) is 22.2. The first-order valence-electron chi connectivity index (χ1n) is 10.4. The lowest BCUT2D eigenvalue weighted by Crippen LogP contribution is -2.25. The summed E-state index contributed by atoms with van der Waals surface area (Å²) in [5.74, 6) is 0.107. The summed E-state index contributed by atoms with van der Waals surface area (Å²) in [6.07, 6.45) is 4.95. The molecule has 162 valence electrons. The Labute approximate surface area is 185 Å². The molecule has 0 radical (unpaired) electrons. The van der Waals surface area contributed by atoms with Gasteiger partial charge in [0.15, 0.2) is 0 Å². The van der Waals surface area contributed by atoms with Crippen molar-refractivity contribution in [1.29, 1.82) is 0 Å². The van der Waals surface area contributed by atoms with Crippen LogP contribution in [0.3, 0.4) is 0 Å². The van der Waals surface area contributed by atoms with Crippen LogP contribution < -0.4 is 16.6 Å². The highest BCUT2D eigenvalue weighted by Gasteiger charge is 2.18. The molecule has 4 aromatic rings. The van der Waals surface area contributed by atoms with E-state index in [2.05, 4.69) is 10.3 Å². The van der Waals surface area contributed by atoms with Gasteiger partial charge in [0.05, 0.1) is 11.3 Å². The number of hydrogen-bond acceptors (Lipinski definition) is 5. The van der Waals surface area contributed by atoms with Crippen molar-refractivity contribution in [2.75, 3.05) is 17.6 Å². The van der Waals surface area contributed by atoms with E-state index in [-0.39, 0.29) is 11.4 Å². The Bertz CT molecular complexity index is 1270. The fourth-order valence-corrected chi connectivity index (χ4v) is 3.60. The Balaban J connectivity index is 1.65. The van der Waals surface area contributed by atoms with Crippen LogP contribution in [-0.4, -0.2) is 21.1 Å². The van der Waals surface area contributed by atoms with Gasteiger partial charge in [-0.15, -0.1) is 0 Å². The molecule has 0 bridgehead atoms. The van der Waals surface area contributed by atoms with Crippen LogP contribution in [0.1, 0.15) is 12.0 Å². The van der Waals surface area contributed by atoms with E-state index >= 15 is 0 Å². The van der Waals surface area contributed by atoms with E-state index in [0.717, 1.165) is 29.7 Å². The van der Waals surface area contributed by atoms with E-state index in [0.29, 0.717) is 29.3 Å². The number of hydrogen-bond donors (Lipinski definition) is 2. The standard InChI is InChI=1S/C25H24FN5O/c1-31-24(32)22(18-8-10-20(26)11-9-18)23(19-12-15-28-16-13-19)30-25(31)29-14-4-6-17-5-2-3-7-21(17)27/h2-3,5,7-13,15-16H,4,6,14,27H2,1H3,(H,29,30). The Hall–Kier alpha value is -4.00. The summed E-state index contributed by atoms with van der Waals surface area (Å²) in [6, 6.07) is 17.3. The van der Waals surface area contributed by atoms with Gasteiger partial charge in [-0.2, -0.15) is 0 Å². The molecule has 4 rings (SSSR count). The Morgan fingerprint density at radius 2 is 1.72 bits per heavy atom. The highest BCUT2D eigenvalue weighted by Crippen LogP contribution is 2.28. The minimum atomic E-state index is -0.360. The van der Waals surface area contributed by atoms with E-state index in [1.165, 1.54) is 16.7 Å². The molecule has 0 aliphatic heterocycles. The van der Waals surface area contributed by atoms with Crippen molar-refractivity contribution in [2.24, 2.45) is 7.05 Å². The quantitative estimate of drug-likeness (QED) is 0.338. The molecular formula is C25H24FN5O. The molecule has 3 N–H and O–H groups in total. The minimum absolute atomic E-state index is 0.215. The molecule has 0 amide bonds. The fourth-order valence-electron chi connectivity index (χ4n) is 3.60. The minimum Gasteiger partial charge on any atom is -0.399 e. The second-order valence-electron chi connectivity index (χ2n) is 7.50. The molecule has 0 aliphatic rings. The van der Waals surface area contributed by atoms with Gasteiger partial charge in [0.2, 0.25) is 5.95 Å². The van der Waals surface area contributed by atoms with E-state index in [1.54, 1.807) is 43.7 Å². The van der Waals surface area contributed by atoms with Gasteiger partial charge in [0.1, 0.15) is 5.82 Å². The zero-order valence-corrected chi connectivity index (χ0v) is 17.8. The number of nitrogens with one attached hydrogen (secondary N) is 1. The third kappa shape index (κ3) is 4.51. The summed E-state index contributed by atoms with van der Waals surface area (Å²) >= 11 is 0. The summed E-state index contributed by atoms with van der Waals surface area (Å²) < 4.78 is 15.0. The van der Waals surface area contributed by atoms with E-state index < -0.39 is 0 Å². The molecule has 2 heterocycles. The molecular weight excluding hydrogens is 405 g/mol. The van der Waals surface area contributed by atoms with Crippen LogP contribution in [-0.2, 0) is 13.5 Å². The second kappa shape index (κ2) is 9.43. The number of aryl methyl sites for hydroxylation is 1. The molecule has 7 heteroatoms. The number of nitrogens with zero attached hydrogens (tertiary/aromatic N) is 3. The van der Waals surface area contributed by atoms with Crippen molar-refractivity contribution in [3.63, 3.8) is 0 Å². The predicted octanol–water partition coefficient (Wildman–Crippen LogP) is 4.28. The zero-order valence-electron chi connectivity index (χ0n) is 17.8. The first kappa shape index (κ1) is 21.2. The average Bonchev–Trinajstić information content (AvgIpc) is 2.81. The predicted molar refractivity (Wildman–Crippen MR) is 126 cm³/mol. The number of pyridine rings is 1. The molecule has 32 heavy (non-hydrogen) atoms. The van der Waals surface area contributed by atoms with Crippen LogP contribution in [0.2, 0.25) is 0 Å².